The highest BCUT2D eigenvalue weighted by Crippen LogP contribution is 2.33. The molecule has 0 unspecified atom stereocenters. The Balaban J connectivity index is 2.41. The van der Waals surface area contributed by atoms with E-state index in [2.05, 4.69) is 25.6 Å². The molecule has 0 fully saturated rings. The second-order valence-electron chi connectivity index (χ2n) is 3.55. The van der Waals surface area contributed by atoms with E-state index in [0.29, 0.717) is 5.56 Å². The van der Waals surface area contributed by atoms with Crippen molar-refractivity contribution in [2.75, 3.05) is 0 Å². The predicted molar refractivity (Wildman–Crippen MR) is 61.6 cm³/mol. The lowest BCUT2D eigenvalue weighted by atomic mass is 10.1. The monoisotopic (exact) mass is 335 g/mol. The Morgan fingerprint density at radius 3 is 2.26 bits per heavy atom. The lowest BCUT2D eigenvalue weighted by Gasteiger charge is -2.06. The molecule has 0 spiro atoms. The number of hydrogen-bond acceptors (Lipinski definition) is 3. The van der Waals surface area contributed by atoms with Crippen molar-refractivity contribution >= 4 is 21.9 Å². The molecule has 0 amide bonds. The third kappa shape index (κ3) is 2.62. The lowest BCUT2D eigenvalue weighted by Crippen LogP contribution is -2.04. The molecule has 0 aliphatic carbocycles. The second kappa shape index (κ2) is 4.69. The number of aromatic carboxylic acids is 1. The minimum atomic E-state index is -4.42. The van der Waals surface area contributed by atoms with Crippen LogP contribution in [0.2, 0.25) is 0 Å². The lowest BCUT2D eigenvalue weighted by molar-refractivity contribution is -0.137. The number of hydrogen-bond donors (Lipinski definition) is 1. The molecule has 1 heterocycles. The Kier molecular flexibility index (Phi) is 3.36. The van der Waals surface area contributed by atoms with Crippen molar-refractivity contribution in [1.82, 2.24) is 5.16 Å². The molecule has 0 atom stereocenters. The standard InChI is InChI=1S/C11H5BrF3NO3/c12-7-8(16-19-9(7)10(17)18)5-1-3-6(4-2-5)11(13,14)15/h1-4H,(H,17,18). The minimum absolute atomic E-state index is 0.0831. The number of carbonyl (C=O) groups is 1. The maximum absolute atomic E-state index is 12.4. The van der Waals surface area contributed by atoms with E-state index in [0.717, 1.165) is 12.1 Å². The van der Waals surface area contributed by atoms with Crippen LogP contribution >= 0.6 is 15.9 Å². The van der Waals surface area contributed by atoms with E-state index < -0.39 is 23.5 Å². The van der Waals surface area contributed by atoms with Crippen LogP contribution in [0.1, 0.15) is 16.1 Å². The number of benzene rings is 1. The number of nitrogens with zero attached hydrogens (tertiary/aromatic N) is 1. The largest absolute Gasteiger partial charge is 0.475 e. The van der Waals surface area contributed by atoms with Crippen LogP contribution in [0, 0.1) is 0 Å². The summed E-state index contributed by atoms with van der Waals surface area (Å²) in [5.41, 5.74) is -0.350. The maximum atomic E-state index is 12.4. The summed E-state index contributed by atoms with van der Waals surface area (Å²) in [5.74, 6) is -1.73. The zero-order chi connectivity index (χ0) is 14.2. The van der Waals surface area contributed by atoms with Gasteiger partial charge < -0.3 is 9.63 Å². The molecule has 8 heteroatoms. The van der Waals surface area contributed by atoms with Crippen molar-refractivity contribution in [3.8, 4) is 11.3 Å². The first-order valence-corrected chi connectivity index (χ1v) is 5.66. The molecule has 0 aliphatic heterocycles. The molecule has 100 valence electrons. The zero-order valence-corrected chi connectivity index (χ0v) is 10.6. The molecule has 19 heavy (non-hydrogen) atoms. The fourth-order valence-corrected chi connectivity index (χ4v) is 1.95. The number of alkyl halides is 3. The summed E-state index contributed by atoms with van der Waals surface area (Å²) in [6, 6.07) is 4.15. The normalized spacial score (nSPS) is 11.6. The van der Waals surface area contributed by atoms with Gasteiger partial charge in [-0.2, -0.15) is 13.2 Å². The van der Waals surface area contributed by atoms with Crippen molar-refractivity contribution in [1.29, 1.82) is 0 Å². The summed E-state index contributed by atoms with van der Waals surface area (Å²) in [4.78, 5) is 10.7. The highest BCUT2D eigenvalue weighted by molar-refractivity contribution is 9.10. The molecule has 2 aromatic rings. The van der Waals surface area contributed by atoms with Crippen LogP contribution in [0.15, 0.2) is 33.3 Å². The molecule has 0 saturated carbocycles. The van der Waals surface area contributed by atoms with Gasteiger partial charge in [0.2, 0.25) is 0 Å². The maximum Gasteiger partial charge on any atom is 0.416 e. The Morgan fingerprint density at radius 1 is 1.26 bits per heavy atom. The minimum Gasteiger partial charge on any atom is -0.475 e. The molecule has 1 aromatic carbocycles. The van der Waals surface area contributed by atoms with Crippen LogP contribution < -0.4 is 0 Å². The fourth-order valence-electron chi connectivity index (χ4n) is 1.41. The fraction of sp³-hybridized carbons (Fsp3) is 0.0909. The van der Waals surface area contributed by atoms with Crippen molar-refractivity contribution in [3.05, 3.63) is 40.1 Å². The molecular weight excluding hydrogens is 331 g/mol. The third-order valence-electron chi connectivity index (χ3n) is 2.32. The Morgan fingerprint density at radius 2 is 1.84 bits per heavy atom. The van der Waals surface area contributed by atoms with E-state index in [9.17, 15) is 18.0 Å². The summed E-state index contributed by atoms with van der Waals surface area (Å²) < 4.78 is 41.8. The van der Waals surface area contributed by atoms with Crippen LogP contribution in [0.4, 0.5) is 13.2 Å². The van der Waals surface area contributed by atoms with E-state index in [-0.39, 0.29) is 10.2 Å². The topological polar surface area (TPSA) is 63.3 Å². The van der Waals surface area contributed by atoms with Gasteiger partial charge in [-0.1, -0.05) is 17.3 Å². The number of carboxylic acid groups (broad SMARTS) is 1. The smallest absolute Gasteiger partial charge is 0.416 e. The van der Waals surface area contributed by atoms with Crippen molar-refractivity contribution < 1.29 is 27.6 Å². The zero-order valence-electron chi connectivity index (χ0n) is 9.03. The van der Waals surface area contributed by atoms with Crippen LogP contribution in [0.25, 0.3) is 11.3 Å². The van der Waals surface area contributed by atoms with Crippen LogP contribution in [-0.4, -0.2) is 16.2 Å². The molecular formula is C11H5BrF3NO3. The Hall–Kier alpha value is -1.83. The highest BCUT2D eigenvalue weighted by Gasteiger charge is 2.30. The van der Waals surface area contributed by atoms with Crippen LogP contribution in [0.3, 0.4) is 0 Å². The van der Waals surface area contributed by atoms with Crippen molar-refractivity contribution in [2.45, 2.75) is 6.18 Å². The van der Waals surface area contributed by atoms with Crippen LogP contribution in [-0.2, 0) is 6.18 Å². The van der Waals surface area contributed by atoms with E-state index in [1.807, 2.05) is 0 Å². The average Bonchev–Trinajstić information content (AvgIpc) is 2.70. The molecule has 2 rings (SSSR count). The molecule has 0 bridgehead atoms. The second-order valence-corrected chi connectivity index (χ2v) is 4.35. The van der Waals surface area contributed by atoms with E-state index >= 15 is 0 Å². The molecule has 4 nitrogen and oxygen atoms in total. The van der Waals surface area contributed by atoms with Crippen molar-refractivity contribution in [3.63, 3.8) is 0 Å². The molecule has 1 N–H and O–H groups in total. The molecule has 1 aromatic heterocycles. The van der Waals surface area contributed by atoms with Gasteiger partial charge >= 0.3 is 12.1 Å². The van der Waals surface area contributed by atoms with Gasteiger partial charge in [-0.25, -0.2) is 4.79 Å². The van der Waals surface area contributed by atoms with E-state index in [1.54, 1.807) is 0 Å². The summed E-state index contributed by atoms with van der Waals surface area (Å²) >= 11 is 2.99. The number of aromatic nitrogens is 1. The first kappa shape index (κ1) is 13.6. The molecule has 0 saturated heterocycles. The quantitative estimate of drug-likeness (QED) is 0.906. The van der Waals surface area contributed by atoms with Gasteiger partial charge in [0.05, 0.1) is 5.56 Å². The van der Waals surface area contributed by atoms with Crippen molar-refractivity contribution in [2.24, 2.45) is 0 Å². The van der Waals surface area contributed by atoms with Gasteiger partial charge in [0, 0.05) is 5.56 Å². The first-order chi connectivity index (χ1) is 8.80. The summed E-state index contributed by atoms with van der Waals surface area (Å²) in [5, 5.41) is 12.3. The van der Waals surface area contributed by atoms with Gasteiger partial charge in [-0.3, -0.25) is 0 Å². The van der Waals surface area contributed by atoms with E-state index in [1.165, 1.54) is 12.1 Å². The van der Waals surface area contributed by atoms with Gasteiger partial charge in [0.25, 0.3) is 5.76 Å². The Labute approximate surface area is 113 Å². The van der Waals surface area contributed by atoms with Crippen LogP contribution in [0.5, 0.6) is 0 Å². The van der Waals surface area contributed by atoms with Gasteiger partial charge in [0.15, 0.2) is 0 Å². The third-order valence-corrected chi connectivity index (χ3v) is 3.05. The molecule has 0 aliphatic rings. The summed E-state index contributed by atoms with van der Waals surface area (Å²) in [6.45, 7) is 0. The number of halogens is 4. The Bertz CT molecular complexity index is 619. The highest BCUT2D eigenvalue weighted by atomic mass is 79.9. The number of rotatable bonds is 2. The number of carboxylic acids is 1. The van der Waals surface area contributed by atoms with Gasteiger partial charge in [0.1, 0.15) is 10.2 Å². The molecule has 0 radical (unpaired) electrons. The predicted octanol–water partition coefficient (Wildman–Crippen LogP) is 3.82. The first-order valence-electron chi connectivity index (χ1n) is 4.87. The SMILES string of the molecule is O=C(O)c1onc(-c2ccc(C(F)(F)F)cc2)c1Br. The average molecular weight is 336 g/mol. The summed E-state index contributed by atoms with van der Waals surface area (Å²) in [7, 11) is 0. The van der Waals surface area contributed by atoms with Gasteiger partial charge in [-0.05, 0) is 28.1 Å². The summed E-state index contributed by atoms with van der Waals surface area (Å²) in [6.07, 6.45) is -4.42. The van der Waals surface area contributed by atoms with E-state index in [4.69, 9.17) is 5.11 Å². The van der Waals surface area contributed by atoms with Gasteiger partial charge in [-0.15, -0.1) is 0 Å².